The Morgan fingerprint density at radius 1 is 1.24 bits per heavy atom. The molecule has 1 aromatic rings. The fraction of sp³-hybridized carbons (Fsp3) is 0.538. The second-order valence-electron chi connectivity index (χ2n) is 4.18. The lowest BCUT2D eigenvalue weighted by molar-refractivity contribution is 0.152. The van der Waals surface area contributed by atoms with Gasteiger partial charge in [0.25, 0.3) is 0 Å². The van der Waals surface area contributed by atoms with Gasteiger partial charge in [0, 0.05) is 10.7 Å². The van der Waals surface area contributed by atoms with E-state index < -0.39 is 11.6 Å². The van der Waals surface area contributed by atoms with E-state index in [1.165, 1.54) is 12.1 Å². The van der Waals surface area contributed by atoms with Gasteiger partial charge in [-0.15, -0.1) is 0 Å². The van der Waals surface area contributed by atoms with Crippen molar-refractivity contribution in [3.8, 4) is 5.75 Å². The topological polar surface area (TPSA) is 9.23 Å². The zero-order valence-electron chi connectivity index (χ0n) is 10.1. The molecule has 17 heavy (non-hydrogen) atoms. The van der Waals surface area contributed by atoms with Gasteiger partial charge in [-0.25, -0.2) is 4.39 Å². The van der Waals surface area contributed by atoms with Crippen molar-refractivity contribution in [2.45, 2.75) is 26.7 Å². The number of halogens is 3. The molecule has 0 bridgehead atoms. The van der Waals surface area contributed by atoms with E-state index in [-0.39, 0.29) is 11.2 Å². The van der Waals surface area contributed by atoms with Crippen LogP contribution in [-0.2, 0) is 0 Å². The Labute approximate surface area is 109 Å². The van der Waals surface area contributed by atoms with Crippen LogP contribution in [0.2, 0.25) is 0 Å². The van der Waals surface area contributed by atoms with Crippen molar-refractivity contribution in [3.63, 3.8) is 0 Å². The number of rotatable bonds is 6. The second-order valence-corrected chi connectivity index (χ2v) is 4.74. The van der Waals surface area contributed by atoms with Gasteiger partial charge in [-0.3, -0.25) is 0 Å². The molecule has 1 nitrogen and oxygen atoms in total. The van der Waals surface area contributed by atoms with E-state index in [0.717, 1.165) is 24.2 Å². The molecule has 1 rings (SSSR count). The van der Waals surface area contributed by atoms with E-state index in [1.807, 2.05) is 0 Å². The van der Waals surface area contributed by atoms with E-state index in [2.05, 4.69) is 29.8 Å². The standard InChI is InChI=1S/C13H17BrF2O/c1-3-13(4-2,8-14)9-17-11-7-5-6-10(15)12(11)16/h5-7H,3-4,8-9H2,1-2H3. The van der Waals surface area contributed by atoms with Crippen LogP contribution in [0, 0.1) is 17.0 Å². The minimum Gasteiger partial charge on any atom is -0.490 e. The van der Waals surface area contributed by atoms with Gasteiger partial charge in [-0.2, -0.15) is 4.39 Å². The normalized spacial score (nSPS) is 11.6. The molecular formula is C13H17BrF2O. The average molecular weight is 307 g/mol. The van der Waals surface area contributed by atoms with Gasteiger partial charge in [-0.1, -0.05) is 35.8 Å². The Hall–Kier alpha value is -0.640. The Kier molecular flexibility index (Phi) is 5.37. The van der Waals surface area contributed by atoms with Crippen LogP contribution < -0.4 is 4.74 Å². The maximum atomic E-state index is 13.4. The van der Waals surface area contributed by atoms with Crippen LogP contribution in [0.15, 0.2) is 18.2 Å². The monoisotopic (exact) mass is 306 g/mol. The Morgan fingerprint density at radius 2 is 1.88 bits per heavy atom. The number of ether oxygens (including phenoxy) is 1. The molecule has 1 aromatic carbocycles. The molecule has 0 amide bonds. The molecule has 0 radical (unpaired) electrons. The SMILES string of the molecule is CCC(CC)(CBr)COc1cccc(F)c1F. The van der Waals surface area contributed by atoms with Crippen LogP contribution in [-0.4, -0.2) is 11.9 Å². The van der Waals surface area contributed by atoms with Crippen LogP contribution >= 0.6 is 15.9 Å². The van der Waals surface area contributed by atoms with Gasteiger partial charge < -0.3 is 4.74 Å². The lowest BCUT2D eigenvalue weighted by atomic mass is 9.86. The quantitative estimate of drug-likeness (QED) is 0.701. The Morgan fingerprint density at radius 3 is 2.41 bits per heavy atom. The molecule has 0 saturated heterocycles. The third-order valence-corrected chi connectivity index (χ3v) is 4.42. The molecule has 0 aliphatic carbocycles. The lowest BCUT2D eigenvalue weighted by Crippen LogP contribution is -2.29. The highest BCUT2D eigenvalue weighted by atomic mass is 79.9. The summed E-state index contributed by atoms with van der Waals surface area (Å²) >= 11 is 3.45. The minimum atomic E-state index is -0.914. The van der Waals surface area contributed by atoms with E-state index in [4.69, 9.17) is 4.74 Å². The largest absolute Gasteiger partial charge is 0.490 e. The summed E-state index contributed by atoms with van der Waals surface area (Å²) in [6.07, 6.45) is 1.84. The number of benzene rings is 1. The zero-order valence-corrected chi connectivity index (χ0v) is 11.7. The average Bonchev–Trinajstić information content (AvgIpc) is 2.36. The van der Waals surface area contributed by atoms with Crippen LogP contribution in [0.25, 0.3) is 0 Å². The van der Waals surface area contributed by atoms with E-state index in [1.54, 1.807) is 0 Å². The molecule has 0 N–H and O–H groups in total. The summed E-state index contributed by atoms with van der Waals surface area (Å²) in [4.78, 5) is 0. The summed E-state index contributed by atoms with van der Waals surface area (Å²) in [5.41, 5.74) is -0.0290. The first-order chi connectivity index (χ1) is 8.08. The Bertz CT molecular complexity index is 356. The summed E-state index contributed by atoms with van der Waals surface area (Å²) < 4.78 is 31.8. The van der Waals surface area contributed by atoms with E-state index in [0.29, 0.717) is 6.61 Å². The molecule has 0 fully saturated rings. The molecule has 0 unspecified atom stereocenters. The molecule has 0 heterocycles. The fourth-order valence-corrected chi connectivity index (χ4v) is 2.46. The Balaban J connectivity index is 2.75. The molecule has 0 saturated carbocycles. The molecule has 0 aromatic heterocycles. The summed E-state index contributed by atoms with van der Waals surface area (Å²) in [6.45, 7) is 4.51. The van der Waals surface area contributed by atoms with Gasteiger partial charge in [0.2, 0.25) is 5.82 Å². The van der Waals surface area contributed by atoms with Crippen molar-refractivity contribution in [3.05, 3.63) is 29.8 Å². The molecule has 0 aliphatic heterocycles. The maximum absolute atomic E-state index is 13.4. The van der Waals surface area contributed by atoms with Gasteiger partial charge in [0.15, 0.2) is 11.6 Å². The predicted molar refractivity (Wildman–Crippen MR) is 68.7 cm³/mol. The number of hydrogen-bond donors (Lipinski definition) is 0. The summed E-state index contributed by atoms with van der Waals surface area (Å²) in [7, 11) is 0. The first-order valence-corrected chi connectivity index (χ1v) is 6.83. The molecule has 0 aliphatic rings. The summed E-state index contributed by atoms with van der Waals surface area (Å²) in [5, 5.41) is 0.782. The summed E-state index contributed by atoms with van der Waals surface area (Å²) in [6, 6.07) is 3.98. The minimum absolute atomic E-state index is 0.0165. The van der Waals surface area contributed by atoms with Gasteiger partial charge in [-0.05, 0) is 25.0 Å². The molecule has 0 atom stereocenters. The highest BCUT2D eigenvalue weighted by Crippen LogP contribution is 2.30. The number of alkyl halides is 1. The first-order valence-electron chi connectivity index (χ1n) is 5.71. The van der Waals surface area contributed by atoms with Crippen molar-refractivity contribution in [1.82, 2.24) is 0 Å². The molecule has 4 heteroatoms. The fourth-order valence-electron chi connectivity index (χ4n) is 1.51. The highest BCUT2D eigenvalue weighted by molar-refractivity contribution is 9.09. The van der Waals surface area contributed by atoms with Gasteiger partial charge in [0.05, 0.1) is 6.61 Å². The molecule has 0 spiro atoms. The van der Waals surface area contributed by atoms with Crippen molar-refractivity contribution in [1.29, 1.82) is 0 Å². The summed E-state index contributed by atoms with van der Waals surface area (Å²) in [5.74, 6) is -1.81. The van der Waals surface area contributed by atoms with Crippen molar-refractivity contribution >= 4 is 15.9 Å². The van der Waals surface area contributed by atoms with Crippen molar-refractivity contribution in [2.75, 3.05) is 11.9 Å². The van der Waals surface area contributed by atoms with Crippen LogP contribution in [0.4, 0.5) is 8.78 Å². The zero-order chi connectivity index (χ0) is 12.9. The van der Waals surface area contributed by atoms with Crippen LogP contribution in [0.1, 0.15) is 26.7 Å². The van der Waals surface area contributed by atoms with Gasteiger partial charge in [0.1, 0.15) is 0 Å². The lowest BCUT2D eigenvalue weighted by Gasteiger charge is -2.29. The van der Waals surface area contributed by atoms with E-state index >= 15 is 0 Å². The van der Waals surface area contributed by atoms with Crippen LogP contribution in [0.5, 0.6) is 5.75 Å². The third kappa shape index (κ3) is 3.41. The third-order valence-electron chi connectivity index (χ3n) is 3.23. The van der Waals surface area contributed by atoms with E-state index in [9.17, 15) is 8.78 Å². The maximum Gasteiger partial charge on any atom is 0.200 e. The molecule has 96 valence electrons. The first kappa shape index (κ1) is 14.4. The van der Waals surface area contributed by atoms with Crippen molar-refractivity contribution in [2.24, 2.45) is 5.41 Å². The second kappa shape index (κ2) is 6.34. The van der Waals surface area contributed by atoms with Gasteiger partial charge >= 0.3 is 0 Å². The smallest absolute Gasteiger partial charge is 0.200 e. The van der Waals surface area contributed by atoms with Crippen molar-refractivity contribution < 1.29 is 13.5 Å². The number of hydrogen-bond acceptors (Lipinski definition) is 1. The predicted octanol–water partition coefficient (Wildman–Crippen LogP) is 4.54. The van der Waals surface area contributed by atoms with Crippen LogP contribution in [0.3, 0.4) is 0 Å². The molecular weight excluding hydrogens is 290 g/mol. The highest BCUT2D eigenvalue weighted by Gasteiger charge is 2.26.